The molecule has 0 amide bonds. The number of hydrogen-bond acceptors (Lipinski definition) is 2. The molecule has 0 aliphatic carbocycles. The van der Waals surface area contributed by atoms with Crippen LogP contribution in [0.1, 0.15) is 25.5 Å². The van der Waals surface area contributed by atoms with Crippen LogP contribution in [0, 0.1) is 11.6 Å². The minimum absolute atomic E-state index is 0.135. The predicted molar refractivity (Wildman–Crippen MR) is 72.4 cm³/mol. The van der Waals surface area contributed by atoms with Gasteiger partial charge in [-0.3, -0.25) is 9.38 Å². The number of imidazole rings is 1. The van der Waals surface area contributed by atoms with Gasteiger partial charge in [-0.15, -0.1) is 0 Å². The van der Waals surface area contributed by atoms with E-state index in [1.807, 2.05) is 13.8 Å². The Balaban J connectivity index is 2.36. The highest BCUT2D eigenvalue weighted by Gasteiger charge is 2.17. The first-order valence-electron chi connectivity index (χ1n) is 6.34. The fourth-order valence-electron chi connectivity index (χ4n) is 2.27. The van der Waals surface area contributed by atoms with Crippen molar-refractivity contribution in [3.8, 4) is 11.3 Å². The van der Waals surface area contributed by atoms with Crippen molar-refractivity contribution in [3.63, 3.8) is 0 Å². The molecule has 0 fully saturated rings. The number of fused-ring (bicyclic) bond motifs is 1. The Morgan fingerprint density at radius 1 is 1.10 bits per heavy atom. The lowest BCUT2D eigenvalue weighted by atomic mass is 10.0. The summed E-state index contributed by atoms with van der Waals surface area (Å²) in [5, 5.41) is 0. The summed E-state index contributed by atoms with van der Waals surface area (Å²) in [5.74, 6) is -0.657. The summed E-state index contributed by atoms with van der Waals surface area (Å²) in [5.41, 5.74) is 2.70. The van der Waals surface area contributed by atoms with Gasteiger partial charge in [0.15, 0.2) is 0 Å². The zero-order valence-electron chi connectivity index (χ0n) is 11.1. The maximum absolute atomic E-state index is 13.5. The molecule has 0 atom stereocenters. The standard InChI is InChI=1S/C15H13F2N3/c1-9(2)14-15(10-5-12(17)7-18-6-10)20-8-11(16)3-4-13(20)19-14/h3-9H,1-2H3. The van der Waals surface area contributed by atoms with E-state index >= 15 is 0 Å². The van der Waals surface area contributed by atoms with Crippen LogP contribution in [0.5, 0.6) is 0 Å². The first kappa shape index (κ1) is 12.7. The molecule has 0 aromatic carbocycles. The van der Waals surface area contributed by atoms with E-state index in [9.17, 15) is 8.78 Å². The van der Waals surface area contributed by atoms with E-state index in [4.69, 9.17) is 0 Å². The molecule has 3 heterocycles. The number of nitrogens with zero attached hydrogens (tertiary/aromatic N) is 3. The smallest absolute Gasteiger partial charge is 0.142 e. The lowest BCUT2D eigenvalue weighted by Gasteiger charge is -2.07. The maximum Gasteiger partial charge on any atom is 0.142 e. The van der Waals surface area contributed by atoms with Crippen molar-refractivity contribution in [1.29, 1.82) is 0 Å². The Kier molecular flexibility index (Phi) is 2.97. The van der Waals surface area contributed by atoms with E-state index in [2.05, 4.69) is 9.97 Å². The Morgan fingerprint density at radius 3 is 2.60 bits per heavy atom. The van der Waals surface area contributed by atoms with E-state index in [0.29, 0.717) is 16.9 Å². The molecule has 0 saturated carbocycles. The fourth-order valence-corrected chi connectivity index (χ4v) is 2.27. The Bertz CT molecular complexity index is 778. The molecule has 3 aromatic rings. The summed E-state index contributed by atoms with van der Waals surface area (Å²) in [4.78, 5) is 8.37. The Labute approximate surface area is 114 Å². The molecule has 0 N–H and O–H groups in total. The van der Waals surface area contributed by atoms with Crippen LogP contribution < -0.4 is 0 Å². The third-order valence-corrected chi connectivity index (χ3v) is 3.13. The van der Waals surface area contributed by atoms with Crippen LogP contribution in [-0.2, 0) is 0 Å². The first-order chi connectivity index (χ1) is 9.56. The number of hydrogen-bond donors (Lipinski definition) is 0. The van der Waals surface area contributed by atoms with Gasteiger partial charge >= 0.3 is 0 Å². The molecule has 3 aromatic heterocycles. The van der Waals surface area contributed by atoms with Gasteiger partial charge in [-0.1, -0.05) is 13.8 Å². The third-order valence-electron chi connectivity index (χ3n) is 3.13. The van der Waals surface area contributed by atoms with Crippen molar-refractivity contribution in [2.24, 2.45) is 0 Å². The van der Waals surface area contributed by atoms with E-state index < -0.39 is 5.82 Å². The molecule has 20 heavy (non-hydrogen) atoms. The van der Waals surface area contributed by atoms with Crippen LogP contribution in [0.3, 0.4) is 0 Å². The molecular formula is C15H13F2N3. The zero-order chi connectivity index (χ0) is 14.3. The average molecular weight is 273 g/mol. The molecule has 3 rings (SSSR count). The normalized spacial score (nSPS) is 11.4. The topological polar surface area (TPSA) is 30.2 Å². The van der Waals surface area contributed by atoms with Gasteiger partial charge in [-0.05, 0) is 24.1 Å². The van der Waals surface area contributed by atoms with Gasteiger partial charge < -0.3 is 0 Å². The molecule has 0 aliphatic heterocycles. The van der Waals surface area contributed by atoms with E-state index in [0.717, 1.165) is 11.9 Å². The molecule has 5 heteroatoms. The van der Waals surface area contributed by atoms with Crippen LogP contribution in [0.2, 0.25) is 0 Å². The number of aromatic nitrogens is 3. The second kappa shape index (κ2) is 4.67. The molecule has 0 radical (unpaired) electrons. The minimum Gasteiger partial charge on any atom is -0.296 e. The molecular weight excluding hydrogens is 260 g/mol. The molecule has 102 valence electrons. The van der Waals surface area contributed by atoms with Crippen molar-refractivity contribution in [2.45, 2.75) is 19.8 Å². The highest BCUT2D eigenvalue weighted by Crippen LogP contribution is 2.30. The first-order valence-corrected chi connectivity index (χ1v) is 6.34. The van der Waals surface area contributed by atoms with E-state index in [1.54, 1.807) is 16.7 Å². The van der Waals surface area contributed by atoms with Crippen LogP contribution >= 0.6 is 0 Å². The van der Waals surface area contributed by atoms with Crippen LogP contribution in [-0.4, -0.2) is 14.4 Å². The fraction of sp³-hybridized carbons (Fsp3) is 0.200. The molecule has 0 unspecified atom stereocenters. The van der Waals surface area contributed by atoms with Gasteiger partial charge in [-0.25, -0.2) is 13.8 Å². The molecule has 0 spiro atoms. The summed E-state index contributed by atoms with van der Waals surface area (Å²) < 4.78 is 28.5. The van der Waals surface area contributed by atoms with Gasteiger partial charge in [0.25, 0.3) is 0 Å². The Hall–Kier alpha value is -2.30. The van der Waals surface area contributed by atoms with Crippen molar-refractivity contribution >= 4 is 5.65 Å². The zero-order valence-corrected chi connectivity index (χ0v) is 11.1. The number of rotatable bonds is 2. The van der Waals surface area contributed by atoms with Crippen LogP contribution in [0.25, 0.3) is 16.9 Å². The monoisotopic (exact) mass is 273 g/mol. The quantitative estimate of drug-likeness (QED) is 0.711. The summed E-state index contributed by atoms with van der Waals surface area (Å²) in [6, 6.07) is 4.35. The summed E-state index contributed by atoms with van der Waals surface area (Å²) in [6.07, 6.45) is 4.06. The maximum atomic E-state index is 13.5. The second-order valence-electron chi connectivity index (χ2n) is 4.97. The SMILES string of the molecule is CC(C)c1nc2ccc(F)cn2c1-c1cncc(F)c1. The van der Waals surface area contributed by atoms with Gasteiger partial charge in [0, 0.05) is 18.0 Å². The van der Waals surface area contributed by atoms with Crippen LogP contribution in [0.15, 0.2) is 36.8 Å². The van der Waals surface area contributed by atoms with E-state index in [-0.39, 0.29) is 11.7 Å². The van der Waals surface area contributed by atoms with E-state index in [1.165, 1.54) is 18.3 Å². The molecule has 3 nitrogen and oxygen atoms in total. The van der Waals surface area contributed by atoms with Gasteiger partial charge in [-0.2, -0.15) is 0 Å². The second-order valence-corrected chi connectivity index (χ2v) is 4.97. The van der Waals surface area contributed by atoms with Gasteiger partial charge in [0.2, 0.25) is 0 Å². The Morgan fingerprint density at radius 2 is 1.90 bits per heavy atom. The largest absolute Gasteiger partial charge is 0.296 e. The highest BCUT2D eigenvalue weighted by atomic mass is 19.1. The third kappa shape index (κ3) is 2.05. The predicted octanol–water partition coefficient (Wildman–Crippen LogP) is 3.80. The molecule has 0 bridgehead atoms. The number of pyridine rings is 2. The summed E-state index contributed by atoms with van der Waals surface area (Å²) in [6.45, 7) is 3.99. The molecule has 0 saturated heterocycles. The van der Waals surface area contributed by atoms with Crippen molar-refractivity contribution in [3.05, 3.63) is 54.1 Å². The molecule has 0 aliphatic rings. The minimum atomic E-state index is -0.427. The lowest BCUT2D eigenvalue weighted by Crippen LogP contribution is -1.95. The van der Waals surface area contributed by atoms with Gasteiger partial charge in [0.1, 0.15) is 17.3 Å². The highest BCUT2D eigenvalue weighted by molar-refractivity contribution is 5.67. The van der Waals surface area contributed by atoms with Crippen molar-refractivity contribution in [2.75, 3.05) is 0 Å². The average Bonchev–Trinajstić information content (AvgIpc) is 2.77. The van der Waals surface area contributed by atoms with Gasteiger partial charge in [0.05, 0.1) is 17.6 Å². The van der Waals surface area contributed by atoms with Crippen LogP contribution in [0.4, 0.5) is 8.78 Å². The van der Waals surface area contributed by atoms with Crippen molar-refractivity contribution < 1.29 is 8.78 Å². The summed E-state index contributed by atoms with van der Waals surface area (Å²) >= 11 is 0. The van der Waals surface area contributed by atoms with Crippen molar-refractivity contribution in [1.82, 2.24) is 14.4 Å². The summed E-state index contributed by atoms with van der Waals surface area (Å²) in [7, 11) is 0. The number of halogens is 2. The lowest BCUT2D eigenvalue weighted by molar-refractivity contribution is 0.619.